The Morgan fingerprint density at radius 1 is 1.40 bits per heavy atom. The van der Waals surface area contributed by atoms with Gasteiger partial charge in [0.2, 0.25) is 5.91 Å². The van der Waals surface area contributed by atoms with Crippen LogP contribution < -0.4 is 5.32 Å². The molecule has 1 aromatic heterocycles. The molecule has 0 saturated carbocycles. The lowest BCUT2D eigenvalue weighted by molar-refractivity contribution is -0.136. The summed E-state index contributed by atoms with van der Waals surface area (Å²) < 4.78 is 0. The lowest BCUT2D eigenvalue weighted by Gasteiger charge is -2.15. The van der Waals surface area contributed by atoms with Crippen molar-refractivity contribution < 1.29 is 9.59 Å². The maximum atomic E-state index is 11.9. The SMILES string of the molecule is CCCc1nc(Cl)c(C)c(NC2CC(=O)N(C)C2=O)n1. The first-order valence-corrected chi connectivity index (χ1v) is 6.91. The Labute approximate surface area is 122 Å². The second-order valence-corrected chi connectivity index (χ2v) is 5.20. The lowest BCUT2D eigenvalue weighted by Crippen LogP contribution is -2.32. The van der Waals surface area contributed by atoms with Crippen LogP contribution in [0.4, 0.5) is 5.82 Å². The van der Waals surface area contributed by atoms with E-state index < -0.39 is 6.04 Å². The van der Waals surface area contributed by atoms with Gasteiger partial charge in [0.05, 0.1) is 6.42 Å². The minimum absolute atomic E-state index is 0.138. The van der Waals surface area contributed by atoms with Gasteiger partial charge >= 0.3 is 0 Å². The molecule has 0 bridgehead atoms. The van der Waals surface area contributed by atoms with Gasteiger partial charge in [-0.05, 0) is 13.3 Å². The topological polar surface area (TPSA) is 75.2 Å². The molecule has 0 radical (unpaired) electrons. The summed E-state index contributed by atoms with van der Waals surface area (Å²) >= 11 is 6.08. The molecule has 1 saturated heterocycles. The summed E-state index contributed by atoms with van der Waals surface area (Å²) in [4.78, 5) is 33.1. The maximum absolute atomic E-state index is 11.9. The van der Waals surface area contributed by atoms with Gasteiger partial charge in [0.1, 0.15) is 22.8 Å². The third kappa shape index (κ3) is 2.75. The van der Waals surface area contributed by atoms with Crippen molar-refractivity contribution in [2.75, 3.05) is 12.4 Å². The van der Waals surface area contributed by atoms with Gasteiger partial charge in [0, 0.05) is 19.0 Å². The number of halogens is 1. The number of aromatic nitrogens is 2. The minimum Gasteiger partial charge on any atom is -0.358 e. The van der Waals surface area contributed by atoms with Crippen LogP contribution in [0.3, 0.4) is 0 Å². The smallest absolute Gasteiger partial charge is 0.251 e. The van der Waals surface area contributed by atoms with Crippen molar-refractivity contribution in [3.8, 4) is 0 Å². The Bertz CT molecular complexity index is 562. The third-order valence-corrected chi connectivity index (χ3v) is 3.67. The van der Waals surface area contributed by atoms with Gasteiger partial charge < -0.3 is 5.32 Å². The second-order valence-electron chi connectivity index (χ2n) is 4.85. The zero-order chi connectivity index (χ0) is 14.9. The zero-order valence-corrected chi connectivity index (χ0v) is 12.5. The van der Waals surface area contributed by atoms with Crippen molar-refractivity contribution in [1.29, 1.82) is 0 Å². The van der Waals surface area contributed by atoms with Crippen LogP contribution in [0.1, 0.15) is 31.2 Å². The van der Waals surface area contributed by atoms with Crippen molar-refractivity contribution in [2.24, 2.45) is 0 Å². The molecule has 1 aliphatic heterocycles. The first kappa shape index (κ1) is 14.7. The fourth-order valence-electron chi connectivity index (χ4n) is 2.04. The monoisotopic (exact) mass is 296 g/mol. The average molecular weight is 297 g/mol. The highest BCUT2D eigenvalue weighted by molar-refractivity contribution is 6.30. The number of anilines is 1. The lowest BCUT2D eigenvalue weighted by atomic mass is 10.2. The summed E-state index contributed by atoms with van der Waals surface area (Å²) in [6, 6.07) is -0.577. The highest BCUT2D eigenvalue weighted by atomic mass is 35.5. The molecule has 1 N–H and O–H groups in total. The van der Waals surface area contributed by atoms with E-state index in [4.69, 9.17) is 11.6 Å². The van der Waals surface area contributed by atoms with Crippen LogP contribution in [0.25, 0.3) is 0 Å². The van der Waals surface area contributed by atoms with Crippen molar-refractivity contribution in [3.05, 3.63) is 16.5 Å². The molecule has 108 valence electrons. The van der Waals surface area contributed by atoms with Crippen LogP contribution in [-0.2, 0) is 16.0 Å². The molecular formula is C13H17ClN4O2. The number of likely N-dealkylation sites (tertiary alicyclic amines) is 1. The van der Waals surface area contributed by atoms with E-state index in [9.17, 15) is 9.59 Å². The van der Waals surface area contributed by atoms with Gasteiger partial charge in [-0.3, -0.25) is 14.5 Å². The molecule has 20 heavy (non-hydrogen) atoms. The first-order chi connectivity index (χ1) is 9.43. The van der Waals surface area contributed by atoms with Gasteiger partial charge in [-0.25, -0.2) is 9.97 Å². The van der Waals surface area contributed by atoms with Crippen LogP contribution in [0.15, 0.2) is 0 Å². The van der Waals surface area contributed by atoms with E-state index in [1.54, 1.807) is 6.92 Å². The molecule has 1 unspecified atom stereocenters. The third-order valence-electron chi connectivity index (χ3n) is 3.30. The van der Waals surface area contributed by atoms with E-state index in [1.807, 2.05) is 6.92 Å². The summed E-state index contributed by atoms with van der Waals surface area (Å²) in [6.45, 7) is 3.81. The van der Waals surface area contributed by atoms with E-state index in [0.29, 0.717) is 28.8 Å². The number of imide groups is 1. The van der Waals surface area contributed by atoms with Gasteiger partial charge in [-0.2, -0.15) is 0 Å². The molecule has 0 aliphatic carbocycles. The summed E-state index contributed by atoms with van der Waals surface area (Å²) in [5.41, 5.74) is 0.682. The molecule has 0 aromatic carbocycles. The number of likely N-dealkylation sites (N-methyl/N-ethyl adjacent to an activating group) is 1. The number of nitrogens with zero attached hydrogens (tertiary/aromatic N) is 3. The average Bonchev–Trinajstić information content (AvgIpc) is 2.63. The van der Waals surface area contributed by atoms with Crippen molar-refractivity contribution >= 4 is 29.2 Å². The van der Waals surface area contributed by atoms with E-state index in [2.05, 4.69) is 15.3 Å². The summed E-state index contributed by atoms with van der Waals surface area (Å²) in [7, 11) is 1.48. The predicted molar refractivity (Wildman–Crippen MR) is 75.6 cm³/mol. The molecule has 1 atom stereocenters. The number of carbonyl (C=O) groups is 2. The van der Waals surface area contributed by atoms with Gasteiger partial charge in [-0.1, -0.05) is 18.5 Å². The Balaban J connectivity index is 2.25. The highest BCUT2D eigenvalue weighted by Gasteiger charge is 2.36. The number of rotatable bonds is 4. The second kappa shape index (κ2) is 5.75. The van der Waals surface area contributed by atoms with Crippen molar-refractivity contribution in [2.45, 2.75) is 39.2 Å². The largest absolute Gasteiger partial charge is 0.358 e. The number of hydrogen-bond acceptors (Lipinski definition) is 5. The molecule has 7 heteroatoms. The Morgan fingerprint density at radius 2 is 2.10 bits per heavy atom. The van der Waals surface area contributed by atoms with Crippen LogP contribution in [0.5, 0.6) is 0 Å². The molecule has 2 amide bonds. The normalized spacial score (nSPS) is 18.8. The molecule has 2 heterocycles. The Morgan fingerprint density at radius 3 is 2.65 bits per heavy atom. The molecule has 0 spiro atoms. The molecule has 1 aliphatic rings. The van der Waals surface area contributed by atoms with Crippen LogP contribution in [0, 0.1) is 6.92 Å². The molecule has 2 rings (SSSR count). The Hall–Kier alpha value is -1.69. The van der Waals surface area contributed by atoms with Gasteiger partial charge in [-0.15, -0.1) is 0 Å². The fourth-order valence-corrected chi connectivity index (χ4v) is 2.23. The van der Waals surface area contributed by atoms with Gasteiger partial charge in [0.15, 0.2) is 0 Å². The highest BCUT2D eigenvalue weighted by Crippen LogP contribution is 2.23. The number of amides is 2. The molecule has 1 aromatic rings. The number of hydrogen-bond donors (Lipinski definition) is 1. The predicted octanol–water partition coefficient (Wildman–Crippen LogP) is 1.56. The summed E-state index contributed by atoms with van der Waals surface area (Å²) in [5, 5.41) is 3.38. The zero-order valence-electron chi connectivity index (χ0n) is 11.7. The standard InChI is InChI=1S/C13H17ClN4O2/c1-4-5-9-16-11(14)7(2)12(17-9)15-8-6-10(19)18(3)13(8)20/h8H,4-6H2,1-3H3,(H,15,16,17). The summed E-state index contributed by atoms with van der Waals surface area (Å²) in [5.74, 6) is 0.714. The van der Waals surface area contributed by atoms with Crippen LogP contribution in [-0.4, -0.2) is 39.8 Å². The van der Waals surface area contributed by atoms with E-state index in [-0.39, 0.29) is 18.2 Å². The van der Waals surface area contributed by atoms with Crippen LogP contribution in [0.2, 0.25) is 5.15 Å². The first-order valence-electron chi connectivity index (χ1n) is 6.54. The molecular weight excluding hydrogens is 280 g/mol. The van der Waals surface area contributed by atoms with Crippen molar-refractivity contribution in [3.63, 3.8) is 0 Å². The van der Waals surface area contributed by atoms with Crippen LogP contribution >= 0.6 is 11.6 Å². The molecule has 6 nitrogen and oxygen atoms in total. The number of aryl methyl sites for hydroxylation is 1. The maximum Gasteiger partial charge on any atom is 0.251 e. The van der Waals surface area contributed by atoms with Gasteiger partial charge in [0.25, 0.3) is 5.91 Å². The van der Waals surface area contributed by atoms with E-state index in [0.717, 1.165) is 11.3 Å². The molecule has 1 fully saturated rings. The number of nitrogens with one attached hydrogen (secondary N) is 1. The Kier molecular flexibility index (Phi) is 4.23. The number of carbonyl (C=O) groups excluding carboxylic acids is 2. The quantitative estimate of drug-likeness (QED) is 0.674. The summed E-state index contributed by atoms with van der Waals surface area (Å²) in [6.07, 6.45) is 1.76. The van der Waals surface area contributed by atoms with E-state index in [1.165, 1.54) is 7.05 Å². The van der Waals surface area contributed by atoms with Crippen molar-refractivity contribution in [1.82, 2.24) is 14.9 Å². The fraction of sp³-hybridized carbons (Fsp3) is 0.538. The minimum atomic E-state index is -0.577. The van der Waals surface area contributed by atoms with E-state index >= 15 is 0 Å².